The van der Waals surface area contributed by atoms with E-state index in [1.165, 1.54) is 62.8 Å². The van der Waals surface area contributed by atoms with Crippen LogP contribution in [0.2, 0.25) is 0 Å². The van der Waals surface area contributed by atoms with Crippen LogP contribution in [0, 0.1) is 0 Å². The van der Waals surface area contributed by atoms with Gasteiger partial charge in [-0.05, 0) is 48.5 Å². The summed E-state index contributed by atoms with van der Waals surface area (Å²) < 4.78 is 38.3. The van der Waals surface area contributed by atoms with E-state index in [-0.39, 0.29) is 16.1 Å². The number of rotatable bonds is 9. The maximum absolute atomic E-state index is 13.4. The zero-order chi connectivity index (χ0) is 24.0. The first-order valence-electron chi connectivity index (χ1n) is 9.76. The van der Waals surface area contributed by atoms with Crippen molar-refractivity contribution in [2.24, 2.45) is 5.73 Å². The van der Waals surface area contributed by atoms with E-state index in [9.17, 15) is 18.0 Å². The van der Waals surface area contributed by atoms with Crippen molar-refractivity contribution in [3.8, 4) is 11.5 Å². The molecule has 0 radical (unpaired) electrons. The number of carbonyl (C=O) groups is 2. The average Bonchev–Trinajstić information content (AvgIpc) is 2.83. The molecule has 3 aromatic carbocycles. The van der Waals surface area contributed by atoms with Gasteiger partial charge in [0.1, 0.15) is 6.54 Å². The molecule has 0 saturated carbocycles. The molecule has 0 atom stereocenters. The van der Waals surface area contributed by atoms with Crippen LogP contribution in [0.25, 0.3) is 0 Å². The Morgan fingerprint density at radius 1 is 0.909 bits per heavy atom. The number of hydrogen-bond donors (Lipinski definition) is 2. The van der Waals surface area contributed by atoms with Gasteiger partial charge in [-0.1, -0.05) is 18.2 Å². The Bertz CT molecular complexity index is 1240. The number of anilines is 2. The van der Waals surface area contributed by atoms with Crippen LogP contribution in [0.4, 0.5) is 11.4 Å². The van der Waals surface area contributed by atoms with Crippen molar-refractivity contribution in [3.63, 3.8) is 0 Å². The standard InChI is InChI=1S/C23H23N3O6S/c1-31-20-13-12-18(14-21(20)32-2)26(33(29,30)19-6-4-3-5-7-19)15-22(27)25-17-10-8-16(9-11-17)23(24)28/h3-14H,15H2,1-2H3,(H2,24,28)(H,25,27). The molecular formula is C23H23N3O6S. The van der Waals surface area contributed by atoms with E-state index in [2.05, 4.69) is 5.32 Å². The molecule has 2 amide bonds. The zero-order valence-electron chi connectivity index (χ0n) is 18.0. The van der Waals surface area contributed by atoms with Crippen LogP contribution in [0.3, 0.4) is 0 Å². The molecule has 0 aromatic heterocycles. The largest absolute Gasteiger partial charge is 0.493 e. The molecule has 0 aliphatic heterocycles. The first-order valence-corrected chi connectivity index (χ1v) is 11.2. The van der Waals surface area contributed by atoms with Crippen molar-refractivity contribution in [2.75, 3.05) is 30.4 Å². The maximum atomic E-state index is 13.4. The van der Waals surface area contributed by atoms with Gasteiger partial charge in [0.25, 0.3) is 10.0 Å². The van der Waals surface area contributed by atoms with Crippen LogP contribution >= 0.6 is 0 Å². The van der Waals surface area contributed by atoms with Crippen LogP contribution in [0.5, 0.6) is 11.5 Å². The topological polar surface area (TPSA) is 128 Å². The number of carbonyl (C=O) groups excluding carboxylic acids is 2. The van der Waals surface area contributed by atoms with Gasteiger partial charge in [-0.3, -0.25) is 13.9 Å². The lowest BCUT2D eigenvalue weighted by Gasteiger charge is -2.25. The fourth-order valence-corrected chi connectivity index (χ4v) is 4.50. The number of methoxy groups -OCH3 is 2. The Hall–Kier alpha value is -4.05. The number of benzene rings is 3. The molecule has 33 heavy (non-hydrogen) atoms. The van der Waals surface area contributed by atoms with Crippen LogP contribution in [0.1, 0.15) is 10.4 Å². The minimum Gasteiger partial charge on any atom is -0.493 e. The van der Waals surface area contributed by atoms with Gasteiger partial charge in [-0.2, -0.15) is 0 Å². The van der Waals surface area contributed by atoms with Crippen LogP contribution in [0.15, 0.2) is 77.7 Å². The lowest BCUT2D eigenvalue weighted by Crippen LogP contribution is -2.38. The smallest absolute Gasteiger partial charge is 0.264 e. The molecule has 172 valence electrons. The van der Waals surface area contributed by atoms with Crippen LogP contribution < -0.4 is 24.8 Å². The predicted molar refractivity (Wildman–Crippen MR) is 124 cm³/mol. The van der Waals surface area contributed by atoms with Gasteiger partial charge >= 0.3 is 0 Å². The lowest BCUT2D eigenvalue weighted by molar-refractivity contribution is -0.114. The molecule has 0 bridgehead atoms. The summed E-state index contributed by atoms with van der Waals surface area (Å²) in [5.74, 6) is -0.458. The van der Waals surface area contributed by atoms with Crippen molar-refractivity contribution in [3.05, 3.63) is 78.4 Å². The van der Waals surface area contributed by atoms with Crippen molar-refractivity contribution < 1.29 is 27.5 Å². The summed E-state index contributed by atoms with van der Waals surface area (Å²) in [5, 5.41) is 2.63. The fourth-order valence-electron chi connectivity index (χ4n) is 3.06. The SMILES string of the molecule is COc1ccc(N(CC(=O)Nc2ccc(C(N)=O)cc2)S(=O)(=O)c2ccccc2)cc1OC. The summed E-state index contributed by atoms with van der Waals surface area (Å²) in [7, 11) is -1.19. The number of nitrogens with one attached hydrogen (secondary N) is 1. The van der Waals surface area contributed by atoms with E-state index in [1.54, 1.807) is 24.3 Å². The summed E-state index contributed by atoms with van der Waals surface area (Å²) in [4.78, 5) is 24.1. The second-order valence-corrected chi connectivity index (χ2v) is 8.72. The van der Waals surface area contributed by atoms with Gasteiger partial charge in [0.05, 0.1) is 24.8 Å². The van der Waals surface area contributed by atoms with Gasteiger partial charge in [0, 0.05) is 17.3 Å². The number of amides is 2. The molecule has 3 N–H and O–H groups in total. The summed E-state index contributed by atoms with van der Waals surface area (Å²) in [6.45, 7) is -0.510. The Kier molecular flexibility index (Phi) is 7.19. The van der Waals surface area contributed by atoms with Crippen LogP contribution in [-0.4, -0.2) is 41.0 Å². The Morgan fingerprint density at radius 3 is 2.12 bits per heavy atom. The van der Waals surface area contributed by atoms with Gasteiger partial charge < -0.3 is 20.5 Å². The minimum absolute atomic E-state index is 0.0263. The number of primary amides is 1. The molecule has 3 rings (SSSR count). The molecule has 0 unspecified atom stereocenters. The molecule has 0 aliphatic carbocycles. The lowest BCUT2D eigenvalue weighted by atomic mass is 10.2. The van der Waals surface area contributed by atoms with E-state index in [1.807, 2.05) is 0 Å². The fraction of sp³-hybridized carbons (Fsp3) is 0.130. The molecule has 0 heterocycles. The second-order valence-electron chi connectivity index (χ2n) is 6.85. The second kappa shape index (κ2) is 10.0. The van der Waals surface area contributed by atoms with Gasteiger partial charge in [0.15, 0.2) is 11.5 Å². The number of ether oxygens (including phenoxy) is 2. The molecule has 3 aromatic rings. The summed E-state index contributed by atoms with van der Waals surface area (Å²) in [6, 6.07) is 18.3. The van der Waals surface area contributed by atoms with E-state index < -0.39 is 28.4 Å². The highest BCUT2D eigenvalue weighted by Crippen LogP contribution is 2.33. The predicted octanol–water partition coefficient (Wildman–Crippen LogP) is 2.64. The highest BCUT2D eigenvalue weighted by molar-refractivity contribution is 7.92. The molecule has 0 saturated heterocycles. The Balaban J connectivity index is 1.95. The molecule has 0 aliphatic rings. The van der Waals surface area contributed by atoms with E-state index in [0.29, 0.717) is 17.2 Å². The van der Waals surface area contributed by atoms with Crippen molar-refractivity contribution in [2.45, 2.75) is 4.90 Å². The van der Waals surface area contributed by atoms with E-state index in [0.717, 1.165) is 4.31 Å². The first-order chi connectivity index (χ1) is 15.8. The molecule has 10 heteroatoms. The van der Waals surface area contributed by atoms with Crippen molar-refractivity contribution >= 4 is 33.2 Å². The normalized spacial score (nSPS) is 10.8. The highest BCUT2D eigenvalue weighted by Gasteiger charge is 2.28. The molecule has 9 nitrogen and oxygen atoms in total. The minimum atomic E-state index is -4.09. The number of nitrogens with two attached hydrogens (primary N) is 1. The van der Waals surface area contributed by atoms with Gasteiger partial charge in [-0.25, -0.2) is 8.42 Å². The maximum Gasteiger partial charge on any atom is 0.264 e. The number of hydrogen-bond acceptors (Lipinski definition) is 6. The molecule has 0 spiro atoms. The third kappa shape index (κ3) is 5.42. The zero-order valence-corrected chi connectivity index (χ0v) is 18.8. The third-order valence-electron chi connectivity index (χ3n) is 4.73. The first kappa shape index (κ1) is 23.6. The van der Waals surface area contributed by atoms with Crippen molar-refractivity contribution in [1.82, 2.24) is 0 Å². The van der Waals surface area contributed by atoms with Gasteiger partial charge in [-0.15, -0.1) is 0 Å². The average molecular weight is 470 g/mol. The van der Waals surface area contributed by atoms with Crippen molar-refractivity contribution in [1.29, 1.82) is 0 Å². The monoisotopic (exact) mass is 469 g/mol. The van der Waals surface area contributed by atoms with Gasteiger partial charge in [0.2, 0.25) is 11.8 Å². The quantitative estimate of drug-likeness (QED) is 0.496. The van der Waals surface area contributed by atoms with Crippen LogP contribution in [-0.2, 0) is 14.8 Å². The number of nitrogens with zero attached hydrogens (tertiary/aromatic N) is 1. The summed E-state index contributed by atoms with van der Waals surface area (Å²) >= 11 is 0. The molecular weight excluding hydrogens is 446 g/mol. The summed E-state index contributed by atoms with van der Waals surface area (Å²) in [5.41, 5.74) is 6.11. The molecule has 0 fully saturated rings. The van der Waals surface area contributed by atoms with E-state index >= 15 is 0 Å². The van der Waals surface area contributed by atoms with E-state index in [4.69, 9.17) is 15.2 Å². The Morgan fingerprint density at radius 2 is 1.55 bits per heavy atom. The summed E-state index contributed by atoms with van der Waals surface area (Å²) in [6.07, 6.45) is 0. The number of sulfonamides is 1. The Labute approximate surface area is 191 Å². The highest BCUT2D eigenvalue weighted by atomic mass is 32.2. The third-order valence-corrected chi connectivity index (χ3v) is 6.51.